The van der Waals surface area contributed by atoms with Crippen LogP contribution in [0.1, 0.15) is 28.1 Å². The van der Waals surface area contributed by atoms with Crippen LogP contribution in [0.4, 0.5) is 5.69 Å². The molecule has 3 aromatic rings. The van der Waals surface area contributed by atoms with E-state index >= 15 is 0 Å². The minimum atomic E-state index is -0.691. The Labute approximate surface area is 166 Å². The highest BCUT2D eigenvalue weighted by Gasteiger charge is 2.42. The topological polar surface area (TPSA) is 87.7 Å². The van der Waals surface area contributed by atoms with Crippen molar-refractivity contribution in [1.82, 2.24) is 5.48 Å². The number of fused-ring (bicyclic) bond motifs is 1. The molecule has 0 spiro atoms. The maximum absolute atomic E-state index is 13.4. The molecule has 2 heterocycles. The predicted molar refractivity (Wildman–Crippen MR) is 108 cm³/mol. The molecular formula is C21H20N2O4S. The number of rotatable bonds is 4. The fourth-order valence-electron chi connectivity index (χ4n) is 3.68. The van der Waals surface area contributed by atoms with Crippen LogP contribution in [0.3, 0.4) is 0 Å². The van der Waals surface area contributed by atoms with Crippen molar-refractivity contribution in [2.24, 2.45) is 0 Å². The Morgan fingerprint density at radius 1 is 1.04 bits per heavy atom. The summed E-state index contributed by atoms with van der Waals surface area (Å²) in [4.78, 5) is 25.2. The van der Waals surface area contributed by atoms with Gasteiger partial charge in [0, 0.05) is 18.6 Å². The lowest BCUT2D eigenvalue weighted by atomic mass is 9.73. The number of hydrogen-bond acceptors (Lipinski definition) is 5. The summed E-state index contributed by atoms with van der Waals surface area (Å²) in [6, 6.07) is 15.8. The number of benzene rings is 2. The number of anilines is 1. The Hall–Kier alpha value is -2.74. The fraction of sp³-hybridized carbons (Fsp3) is 0.238. The van der Waals surface area contributed by atoms with E-state index in [1.165, 1.54) is 0 Å². The van der Waals surface area contributed by atoms with Crippen molar-refractivity contribution in [3.05, 3.63) is 64.4 Å². The second-order valence-electron chi connectivity index (χ2n) is 6.85. The number of hydroxylamine groups is 1. The summed E-state index contributed by atoms with van der Waals surface area (Å²) < 4.78 is 5.53. The van der Waals surface area contributed by atoms with Crippen LogP contribution < -0.4 is 10.8 Å². The highest BCUT2D eigenvalue weighted by molar-refractivity contribution is 7.12. The van der Waals surface area contributed by atoms with Crippen LogP contribution in [-0.4, -0.2) is 30.2 Å². The molecule has 1 fully saturated rings. The van der Waals surface area contributed by atoms with Crippen molar-refractivity contribution < 1.29 is 19.5 Å². The molecule has 0 saturated carbocycles. The van der Waals surface area contributed by atoms with E-state index in [4.69, 9.17) is 9.94 Å². The lowest BCUT2D eigenvalue weighted by Crippen LogP contribution is -2.44. The van der Waals surface area contributed by atoms with E-state index in [-0.39, 0.29) is 5.91 Å². The zero-order chi connectivity index (χ0) is 19.6. The van der Waals surface area contributed by atoms with Gasteiger partial charge in [0.2, 0.25) is 5.91 Å². The Bertz CT molecular complexity index is 1020. The van der Waals surface area contributed by atoms with Gasteiger partial charge in [-0.15, -0.1) is 11.3 Å². The Morgan fingerprint density at radius 2 is 1.79 bits per heavy atom. The number of amides is 2. The first kappa shape index (κ1) is 18.6. The largest absolute Gasteiger partial charge is 0.381 e. The van der Waals surface area contributed by atoms with Crippen molar-refractivity contribution in [1.29, 1.82) is 0 Å². The van der Waals surface area contributed by atoms with Gasteiger partial charge in [0.15, 0.2) is 0 Å². The first-order chi connectivity index (χ1) is 13.6. The van der Waals surface area contributed by atoms with Gasteiger partial charge in [-0.3, -0.25) is 14.8 Å². The standard InChI is InChI=1S/C21H20N2O4S/c24-19(23-26)18-12-17(13-28-18)22-20(25)21(7-9-27-10-8-21)16-6-5-14-3-1-2-4-15(14)11-16/h1-6,11-13,26H,7-10H2,(H,22,25)(H,23,24). The van der Waals surface area contributed by atoms with Gasteiger partial charge in [-0.1, -0.05) is 42.5 Å². The van der Waals surface area contributed by atoms with E-state index in [1.54, 1.807) is 16.9 Å². The van der Waals surface area contributed by atoms with Crippen molar-refractivity contribution in [3.8, 4) is 0 Å². The highest BCUT2D eigenvalue weighted by Crippen LogP contribution is 2.38. The number of carbonyl (C=O) groups is 2. The number of hydrogen-bond donors (Lipinski definition) is 3. The molecule has 0 radical (unpaired) electrons. The van der Waals surface area contributed by atoms with Gasteiger partial charge in [-0.2, -0.15) is 0 Å². The summed E-state index contributed by atoms with van der Waals surface area (Å²) in [5, 5.41) is 15.6. The third-order valence-electron chi connectivity index (χ3n) is 5.27. The van der Waals surface area contributed by atoms with Crippen LogP contribution in [0.5, 0.6) is 0 Å². The lowest BCUT2D eigenvalue weighted by molar-refractivity contribution is -0.125. The minimum absolute atomic E-state index is 0.111. The van der Waals surface area contributed by atoms with E-state index in [0.717, 1.165) is 27.7 Å². The molecule has 6 nitrogen and oxygen atoms in total. The van der Waals surface area contributed by atoms with Crippen LogP contribution in [-0.2, 0) is 14.9 Å². The van der Waals surface area contributed by atoms with Crippen LogP contribution in [0.15, 0.2) is 53.9 Å². The average Bonchev–Trinajstić information content (AvgIpc) is 3.21. The van der Waals surface area contributed by atoms with Crippen LogP contribution in [0.2, 0.25) is 0 Å². The SMILES string of the molecule is O=C(NO)c1cc(NC(=O)C2(c3ccc4ccccc4c3)CCOCC2)cs1. The Morgan fingerprint density at radius 3 is 2.54 bits per heavy atom. The molecule has 0 unspecified atom stereocenters. The van der Waals surface area contributed by atoms with Gasteiger partial charge in [0.25, 0.3) is 5.91 Å². The van der Waals surface area contributed by atoms with Gasteiger partial charge in [0.1, 0.15) is 0 Å². The molecule has 4 rings (SSSR count). The van der Waals surface area contributed by atoms with E-state index in [1.807, 2.05) is 30.3 Å². The number of thiophene rings is 1. The zero-order valence-electron chi connectivity index (χ0n) is 15.1. The first-order valence-corrected chi connectivity index (χ1v) is 9.92. The summed E-state index contributed by atoms with van der Waals surface area (Å²) in [7, 11) is 0. The van der Waals surface area contributed by atoms with E-state index in [9.17, 15) is 9.59 Å². The molecule has 1 aliphatic heterocycles. The molecule has 144 valence electrons. The normalized spacial score (nSPS) is 15.9. The smallest absolute Gasteiger partial charge is 0.284 e. The Kier molecular flexibility index (Phi) is 5.13. The molecule has 2 amide bonds. The van der Waals surface area contributed by atoms with E-state index < -0.39 is 11.3 Å². The predicted octanol–water partition coefficient (Wildman–Crippen LogP) is 3.71. The molecule has 1 saturated heterocycles. The second kappa shape index (κ2) is 7.71. The van der Waals surface area contributed by atoms with Gasteiger partial charge in [-0.25, -0.2) is 5.48 Å². The minimum Gasteiger partial charge on any atom is -0.381 e. The van der Waals surface area contributed by atoms with E-state index in [0.29, 0.717) is 36.6 Å². The van der Waals surface area contributed by atoms with Gasteiger partial charge in [0.05, 0.1) is 16.0 Å². The van der Waals surface area contributed by atoms with Crippen molar-refractivity contribution in [3.63, 3.8) is 0 Å². The fourth-order valence-corrected chi connectivity index (χ4v) is 4.41. The van der Waals surface area contributed by atoms with E-state index in [2.05, 4.69) is 17.4 Å². The molecule has 1 aliphatic rings. The lowest BCUT2D eigenvalue weighted by Gasteiger charge is -2.36. The van der Waals surface area contributed by atoms with Crippen molar-refractivity contribution in [2.45, 2.75) is 18.3 Å². The molecule has 0 atom stereocenters. The average molecular weight is 396 g/mol. The molecule has 2 aromatic carbocycles. The second-order valence-corrected chi connectivity index (χ2v) is 7.76. The highest BCUT2D eigenvalue weighted by atomic mass is 32.1. The molecule has 7 heteroatoms. The van der Waals surface area contributed by atoms with Crippen molar-refractivity contribution >= 4 is 39.6 Å². The van der Waals surface area contributed by atoms with Crippen molar-refractivity contribution in [2.75, 3.05) is 18.5 Å². The number of carbonyl (C=O) groups excluding carboxylic acids is 2. The number of nitrogens with one attached hydrogen (secondary N) is 2. The van der Waals surface area contributed by atoms with Crippen LogP contribution >= 0.6 is 11.3 Å². The number of ether oxygens (including phenoxy) is 1. The summed E-state index contributed by atoms with van der Waals surface area (Å²) in [6.45, 7) is 1.03. The molecule has 0 aliphatic carbocycles. The zero-order valence-corrected chi connectivity index (χ0v) is 15.9. The summed E-state index contributed by atoms with van der Waals surface area (Å²) in [5.74, 6) is -0.708. The molecule has 28 heavy (non-hydrogen) atoms. The maximum atomic E-state index is 13.4. The molecule has 3 N–H and O–H groups in total. The molecular weight excluding hydrogens is 376 g/mol. The molecule has 0 bridgehead atoms. The first-order valence-electron chi connectivity index (χ1n) is 9.04. The third kappa shape index (κ3) is 3.40. The third-order valence-corrected chi connectivity index (χ3v) is 6.19. The van der Waals surface area contributed by atoms with Gasteiger partial charge < -0.3 is 10.1 Å². The van der Waals surface area contributed by atoms with Crippen LogP contribution in [0.25, 0.3) is 10.8 Å². The maximum Gasteiger partial charge on any atom is 0.284 e. The summed E-state index contributed by atoms with van der Waals surface area (Å²) in [6.07, 6.45) is 1.18. The van der Waals surface area contributed by atoms with Gasteiger partial charge in [-0.05, 0) is 35.2 Å². The monoisotopic (exact) mass is 396 g/mol. The van der Waals surface area contributed by atoms with Crippen LogP contribution in [0, 0.1) is 0 Å². The molecule has 1 aromatic heterocycles. The van der Waals surface area contributed by atoms with Gasteiger partial charge >= 0.3 is 0 Å². The summed E-state index contributed by atoms with van der Waals surface area (Å²) >= 11 is 1.16. The Balaban J connectivity index is 1.67. The summed E-state index contributed by atoms with van der Waals surface area (Å²) in [5.41, 5.74) is 2.42. The quantitative estimate of drug-likeness (QED) is 0.463.